The van der Waals surface area contributed by atoms with Crippen LogP contribution in [0.3, 0.4) is 0 Å². The Morgan fingerprint density at radius 2 is 0.276 bits per heavy atom. The number of rotatable bonds is 52. The average Bonchev–Trinajstić information content (AvgIpc) is 3.22. The number of unbranched alkanes of at least 4 members (excludes halogenated alkanes) is 44. The second-order valence-corrected chi connectivity index (χ2v) is 31.7. The van der Waals surface area contributed by atoms with Gasteiger partial charge in [0.05, 0.1) is 0 Å². The van der Waals surface area contributed by atoms with Crippen molar-refractivity contribution in [2.45, 2.75) is 336 Å². The monoisotopic (exact) mass is 899 g/mol. The van der Waals surface area contributed by atoms with E-state index in [4.69, 9.17) is 15.5 Å². The zero-order valence-electron chi connectivity index (χ0n) is 41.6. The zero-order chi connectivity index (χ0) is 42.2. The van der Waals surface area contributed by atoms with Crippen molar-refractivity contribution in [1.29, 1.82) is 0 Å². The molecule has 352 valence electrons. The molecule has 0 aromatic heterocycles. The van der Waals surface area contributed by atoms with E-state index < -0.39 is 5.31 Å². The van der Waals surface area contributed by atoms with Crippen LogP contribution >= 0.6 is 20.8 Å². The Labute approximate surface area is 379 Å². The average molecular weight is 900 g/mol. The van der Waals surface area contributed by atoms with Gasteiger partial charge in [-0.3, -0.25) is 0 Å². The molecule has 0 aliphatic carbocycles. The molecule has 0 N–H and O–H groups in total. The van der Waals surface area contributed by atoms with Gasteiger partial charge >= 0.3 is 328 Å². The Morgan fingerprint density at radius 3 is 0.397 bits per heavy atom. The summed E-state index contributed by atoms with van der Waals surface area (Å²) < 4.78 is 0. The fraction of sp³-hybridized carbons (Fsp3) is 1.00. The number of hydrogen-bond acceptors (Lipinski definition) is 0. The van der Waals surface area contributed by atoms with Crippen LogP contribution < -0.4 is 0 Å². The van der Waals surface area contributed by atoms with Gasteiger partial charge in [-0.2, -0.15) is 0 Å². The second-order valence-electron chi connectivity index (χ2n) is 20.3. The third kappa shape index (κ3) is 42.2. The van der Waals surface area contributed by atoms with Crippen LogP contribution in [-0.4, -0.2) is 24.6 Å². The van der Waals surface area contributed by atoms with Gasteiger partial charge in [0, 0.05) is 0 Å². The van der Waals surface area contributed by atoms with Gasteiger partial charge in [0.25, 0.3) is 0 Å². The molecule has 0 rings (SSSR count). The molecule has 58 heavy (non-hydrogen) atoms. The topological polar surface area (TPSA) is 0 Å². The molecule has 0 bridgehead atoms. The van der Waals surface area contributed by atoms with E-state index in [2.05, 4.69) is 27.7 Å². The van der Waals surface area contributed by atoms with Gasteiger partial charge in [0.2, 0.25) is 0 Å². The minimum atomic E-state index is -1.88. The Balaban J connectivity index is 5.07. The molecular weight excluding hydrogens is 783 g/mol. The van der Waals surface area contributed by atoms with Gasteiger partial charge in [-0.1, -0.05) is 53.4 Å². The Morgan fingerprint density at radius 1 is 0.172 bits per heavy atom. The zero-order valence-corrected chi connectivity index (χ0v) is 44.1. The van der Waals surface area contributed by atoms with Crippen LogP contribution in [0.4, 0.5) is 0 Å². The van der Waals surface area contributed by atoms with Crippen molar-refractivity contribution in [3.63, 3.8) is 0 Å². The molecule has 0 aromatic rings. The molecule has 2 heteroatoms. The summed E-state index contributed by atoms with van der Waals surface area (Å²) in [7, 11) is 0. The van der Waals surface area contributed by atoms with E-state index in [-0.39, 0.29) is 0 Å². The predicted octanol–water partition coefficient (Wildman–Crippen LogP) is 22.7. The van der Waals surface area contributed by atoms with Crippen LogP contribution in [0, 0.1) is 0 Å². The molecule has 0 fully saturated rings. The molecule has 0 amide bonds. The van der Waals surface area contributed by atoms with Crippen LogP contribution in [0.25, 0.3) is 0 Å². The number of hydrogen-bond donors (Lipinski definition) is 0. The summed E-state index contributed by atoms with van der Waals surface area (Å²) in [5.74, 6) is 0. The van der Waals surface area contributed by atoms with E-state index in [1.807, 2.05) is 0 Å². The summed E-state index contributed by atoms with van der Waals surface area (Å²) in [4.78, 5) is 0. The van der Waals surface area contributed by atoms with Crippen LogP contribution in [0.1, 0.15) is 336 Å². The van der Waals surface area contributed by atoms with E-state index in [0.29, 0.717) is 0 Å². The number of halogens is 1. The van der Waals surface area contributed by atoms with Crippen molar-refractivity contribution in [3.05, 3.63) is 0 Å². The minimum Gasteiger partial charge on any atom is -0.0654 e. The smallest absolute Gasteiger partial charge is 0.0654 e. The molecule has 0 atom stereocenters. The predicted molar refractivity (Wildman–Crippen MR) is 280 cm³/mol. The SMILES string of the molecule is CCCCCCCCCCCCCCP(Br)(CCCCCCCCCCCCCC)(CCCCCCCCCCCCCC)CCCCCCCCCCCCCC. The van der Waals surface area contributed by atoms with Gasteiger partial charge in [-0.15, -0.1) is 0 Å². The molecule has 0 saturated carbocycles. The van der Waals surface area contributed by atoms with Crippen molar-refractivity contribution in [2.75, 3.05) is 24.6 Å². The van der Waals surface area contributed by atoms with Crippen LogP contribution in [-0.2, 0) is 0 Å². The standard InChI is InChI=1S/C56H116BrP/c1-5-9-13-17-21-25-29-33-37-41-45-49-53-58(57,54-50-46-42-38-34-30-26-22-18-14-10-6-2,55-51-47-43-39-35-31-27-23-19-15-11-7-3)56-52-48-44-40-36-32-28-24-20-16-12-8-4/h5-56H2,1-4H3. The second kappa shape index (κ2) is 47.4. The molecule has 0 spiro atoms. The third-order valence-corrected chi connectivity index (χ3v) is 24.3. The normalized spacial score (nSPS) is 12.7. The van der Waals surface area contributed by atoms with Crippen LogP contribution in [0.5, 0.6) is 0 Å². The molecule has 0 aromatic carbocycles. The summed E-state index contributed by atoms with van der Waals surface area (Å²) in [6.07, 6.45) is 77.0. The third-order valence-electron chi connectivity index (χ3n) is 14.3. The van der Waals surface area contributed by atoms with E-state index in [1.165, 1.54) is 308 Å². The fourth-order valence-corrected chi connectivity index (χ4v) is 18.5. The fourth-order valence-electron chi connectivity index (χ4n) is 10.1. The summed E-state index contributed by atoms with van der Waals surface area (Å²) in [5, 5.41) is -1.88. The first-order valence-corrected chi connectivity index (χ1v) is 33.3. The summed E-state index contributed by atoms with van der Waals surface area (Å²) >= 11 is 4.94. The Bertz CT molecular complexity index is 625. The van der Waals surface area contributed by atoms with Crippen molar-refractivity contribution < 1.29 is 0 Å². The van der Waals surface area contributed by atoms with Gasteiger partial charge in [-0.25, -0.2) is 0 Å². The van der Waals surface area contributed by atoms with Crippen molar-refractivity contribution >= 4 is 20.8 Å². The van der Waals surface area contributed by atoms with Gasteiger partial charge in [-0.05, 0) is 0 Å². The van der Waals surface area contributed by atoms with Crippen LogP contribution in [0.2, 0.25) is 0 Å². The molecule has 0 aliphatic rings. The van der Waals surface area contributed by atoms with Crippen molar-refractivity contribution in [1.82, 2.24) is 0 Å². The minimum absolute atomic E-state index is 1.37. The van der Waals surface area contributed by atoms with Gasteiger partial charge in [0.15, 0.2) is 0 Å². The molecule has 0 heterocycles. The molecular formula is C56H116BrP. The first-order chi connectivity index (χ1) is 28.5. The molecule has 0 aliphatic heterocycles. The van der Waals surface area contributed by atoms with E-state index >= 15 is 0 Å². The van der Waals surface area contributed by atoms with E-state index in [9.17, 15) is 0 Å². The van der Waals surface area contributed by atoms with E-state index in [1.54, 1.807) is 24.6 Å². The summed E-state index contributed by atoms with van der Waals surface area (Å²) in [6.45, 7) is 9.34. The van der Waals surface area contributed by atoms with Gasteiger partial charge < -0.3 is 0 Å². The van der Waals surface area contributed by atoms with Crippen LogP contribution in [0.15, 0.2) is 0 Å². The quantitative estimate of drug-likeness (QED) is 0.0422. The van der Waals surface area contributed by atoms with E-state index in [0.717, 1.165) is 0 Å². The molecule has 0 nitrogen and oxygen atoms in total. The molecule has 0 unspecified atom stereocenters. The van der Waals surface area contributed by atoms with Crippen molar-refractivity contribution in [3.8, 4) is 0 Å². The summed E-state index contributed by atoms with van der Waals surface area (Å²) in [6, 6.07) is 0. The Kier molecular flexibility index (Phi) is 48.1. The first-order valence-electron chi connectivity index (χ1n) is 28.3. The van der Waals surface area contributed by atoms with Crippen molar-refractivity contribution in [2.24, 2.45) is 0 Å². The first kappa shape index (κ1) is 58.9. The maximum absolute atomic E-state index is 4.94. The van der Waals surface area contributed by atoms with Gasteiger partial charge in [0.1, 0.15) is 0 Å². The summed E-state index contributed by atoms with van der Waals surface area (Å²) in [5.41, 5.74) is 0. The molecule has 0 saturated heterocycles. The molecule has 0 radical (unpaired) electrons. The maximum atomic E-state index is 4.94. The Hall–Kier alpha value is 0.910.